The molecule has 0 aromatic heterocycles. The molecular weight excluding hydrogens is 440 g/mol. The van der Waals surface area contributed by atoms with Gasteiger partial charge in [-0.15, -0.1) is 0 Å². The Balaban J connectivity index is 3.26. The summed E-state index contributed by atoms with van der Waals surface area (Å²) in [5.74, 6) is -0.0708. The molecule has 0 unspecified atom stereocenters. The predicted octanol–water partition coefficient (Wildman–Crippen LogP) is 12.2. The van der Waals surface area contributed by atoms with Crippen molar-refractivity contribution in [3.63, 3.8) is 0 Å². The van der Waals surface area contributed by atoms with Crippen molar-refractivity contribution in [2.75, 3.05) is 0 Å². The van der Waals surface area contributed by atoms with Gasteiger partial charge in [-0.25, -0.2) is 0 Å². The highest BCUT2D eigenvalue weighted by molar-refractivity contribution is 5.69. The Kier molecular flexibility index (Phi) is 31.0. The van der Waals surface area contributed by atoms with Gasteiger partial charge in [0.2, 0.25) is 0 Å². The van der Waals surface area contributed by atoms with Crippen LogP contribution in [0.25, 0.3) is 0 Å². The zero-order valence-electron chi connectivity index (χ0n) is 24.7. The van der Waals surface area contributed by atoms with E-state index in [1.807, 2.05) is 6.08 Å². The molecule has 0 atom stereocenters. The minimum Gasteiger partial charge on any atom is -0.435 e. The van der Waals surface area contributed by atoms with Gasteiger partial charge in [-0.05, 0) is 51.0 Å². The fourth-order valence-electron chi connectivity index (χ4n) is 4.69. The molecule has 2 nitrogen and oxygen atoms in total. The van der Waals surface area contributed by atoms with Crippen molar-refractivity contribution < 1.29 is 9.53 Å². The van der Waals surface area contributed by atoms with Gasteiger partial charge in [0, 0.05) is 6.42 Å². The van der Waals surface area contributed by atoms with Crippen LogP contribution in [-0.2, 0) is 9.53 Å². The van der Waals surface area contributed by atoms with Crippen molar-refractivity contribution in [3.8, 4) is 0 Å². The van der Waals surface area contributed by atoms with Crippen molar-refractivity contribution >= 4 is 5.97 Å². The molecule has 0 radical (unpaired) electrons. The molecule has 36 heavy (non-hydrogen) atoms. The third kappa shape index (κ3) is 31.0. The maximum Gasteiger partial charge on any atom is 0.310 e. The summed E-state index contributed by atoms with van der Waals surface area (Å²) in [5.41, 5.74) is 0. The molecule has 0 saturated heterocycles. The monoisotopic (exact) mass is 504 g/mol. The Hall–Kier alpha value is -1.05. The number of ether oxygens (including phenoxy) is 1. The normalized spacial score (nSPS) is 11.7. The Morgan fingerprint density at radius 3 is 1.19 bits per heavy atom. The number of carbonyl (C=O) groups is 1. The average molecular weight is 505 g/mol. The standard InChI is InChI=1S/C34H64O2/c1-3-5-7-9-11-13-15-17-19-20-22-24-26-28-30-32-34(35)36-33-31-29-27-25-23-21-18-16-14-12-10-8-6-4-2/h17,19,31,33H,3-16,18,20-30,32H2,1-2H3/b19-17-,33-31?. The van der Waals surface area contributed by atoms with Gasteiger partial charge in [0.15, 0.2) is 0 Å². The van der Waals surface area contributed by atoms with E-state index < -0.39 is 0 Å². The van der Waals surface area contributed by atoms with Crippen LogP contribution < -0.4 is 0 Å². The van der Waals surface area contributed by atoms with Crippen molar-refractivity contribution in [2.45, 2.75) is 187 Å². The quantitative estimate of drug-likeness (QED) is 0.0438. The second-order valence-corrected chi connectivity index (χ2v) is 10.9. The van der Waals surface area contributed by atoms with Gasteiger partial charge in [0.1, 0.15) is 0 Å². The molecular formula is C34H64O2. The smallest absolute Gasteiger partial charge is 0.310 e. The molecule has 0 bridgehead atoms. The summed E-state index contributed by atoms with van der Waals surface area (Å²) in [6.07, 6.45) is 43.1. The molecule has 0 amide bonds. The highest BCUT2D eigenvalue weighted by atomic mass is 16.5. The number of allylic oxidation sites excluding steroid dienone is 3. The van der Waals surface area contributed by atoms with Crippen LogP contribution in [-0.4, -0.2) is 5.97 Å². The number of rotatable bonds is 29. The Labute approximate surface area is 227 Å². The molecule has 212 valence electrons. The molecule has 0 aromatic carbocycles. The summed E-state index contributed by atoms with van der Waals surface area (Å²) in [5, 5.41) is 0. The molecule has 0 rings (SSSR count). The second kappa shape index (κ2) is 32.0. The maximum absolute atomic E-state index is 11.8. The van der Waals surface area contributed by atoms with Gasteiger partial charge < -0.3 is 4.74 Å². The molecule has 0 aliphatic heterocycles. The largest absolute Gasteiger partial charge is 0.435 e. The van der Waals surface area contributed by atoms with Crippen molar-refractivity contribution in [2.24, 2.45) is 0 Å². The van der Waals surface area contributed by atoms with Gasteiger partial charge in [-0.3, -0.25) is 4.79 Å². The number of hydrogen-bond donors (Lipinski definition) is 0. The lowest BCUT2D eigenvalue weighted by molar-refractivity contribution is -0.138. The minimum atomic E-state index is -0.0708. The van der Waals surface area contributed by atoms with E-state index in [-0.39, 0.29) is 5.97 Å². The molecule has 0 aromatic rings. The zero-order valence-corrected chi connectivity index (χ0v) is 24.7. The number of carbonyl (C=O) groups excluding carboxylic acids is 1. The van der Waals surface area contributed by atoms with E-state index >= 15 is 0 Å². The first-order valence-electron chi connectivity index (χ1n) is 16.3. The zero-order chi connectivity index (χ0) is 26.2. The number of unbranched alkanes of at least 4 members (excludes halogenated alkanes) is 23. The molecule has 0 heterocycles. The fraction of sp³-hybridized carbons (Fsp3) is 0.853. The van der Waals surface area contributed by atoms with Crippen molar-refractivity contribution in [1.82, 2.24) is 0 Å². The van der Waals surface area contributed by atoms with E-state index in [9.17, 15) is 4.79 Å². The first kappa shape index (κ1) is 35.0. The number of hydrogen-bond acceptors (Lipinski definition) is 2. The van der Waals surface area contributed by atoms with Gasteiger partial charge in [-0.2, -0.15) is 0 Å². The highest BCUT2D eigenvalue weighted by Gasteiger charge is 2.00. The first-order chi connectivity index (χ1) is 17.8. The summed E-state index contributed by atoms with van der Waals surface area (Å²) < 4.78 is 5.24. The lowest BCUT2D eigenvalue weighted by Gasteiger charge is -2.02. The lowest BCUT2D eigenvalue weighted by Crippen LogP contribution is -1.98. The summed E-state index contributed by atoms with van der Waals surface area (Å²) in [7, 11) is 0. The van der Waals surface area contributed by atoms with Gasteiger partial charge >= 0.3 is 5.97 Å². The van der Waals surface area contributed by atoms with Crippen LogP contribution in [0.3, 0.4) is 0 Å². The average Bonchev–Trinajstić information content (AvgIpc) is 2.88. The molecule has 0 saturated carbocycles. The van der Waals surface area contributed by atoms with Gasteiger partial charge in [0.05, 0.1) is 6.26 Å². The fourth-order valence-corrected chi connectivity index (χ4v) is 4.69. The summed E-state index contributed by atoms with van der Waals surface area (Å²) >= 11 is 0. The van der Waals surface area contributed by atoms with Gasteiger partial charge in [-0.1, -0.05) is 148 Å². The van der Waals surface area contributed by atoms with Crippen LogP contribution in [0, 0.1) is 0 Å². The molecule has 2 heteroatoms. The molecule has 0 spiro atoms. The van der Waals surface area contributed by atoms with E-state index in [1.54, 1.807) is 6.26 Å². The van der Waals surface area contributed by atoms with Crippen LogP contribution >= 0.6 is 0 Å². The molecule has 0 fully saturated rings. The van der Waals surface area contributed by atoms with Crippen LogP contribution in [0.5, 0.6) is 0 Å². The summed E-state index contributed by atoms with van der Waals surface area (Å²) in [6, 6.07) is 0. The van der Waals surface area contributed by atoms with Crippen molar-refractivity contribution in [3.05, 3.63) is 24.5 Å². The lowest BCUT2D eigenvalue weighted by atomic mass is 10.0. The number of esters is 1. The van der Waals surface area contributed by atoms with Crippen LogP contribution in [0.15, 0.2) is 24.5 Å². The first-order valence-corrected chi connectivity index (χ1v) is 16.3. The van der Waals surface area contributed by atoms with E-state index in [1.165, 1.54) is 148 Å². The Morgan fingerprint density at radius 1 is 0.444 bits per heavy atom. The third-order valence-electron chi connectivity index (χ3n) is 7.16. The van der Waals surface area contributed by atoms with Gasteiger partial charge in [0.25, 0.3) is 0 Å². The summed E-state index contributed by atoms with van der Waals surface area (Å²) in [6.45, 7) is 4.56. The van der Waals surface area contributed by atoms with Crippen molar-refractivity contribution in [1.29, 1.82) is 0 Å². The predicted molar refractivity (Wildman–Crippen MR) is 160 cm³/mol. The van der Waals surface area contributed by atoms with E-state index in [0.717, 1.165) is 19.3 Å². The molecule has 0 aliphatic carbocycles. The van der Waals surface area contributed by atoms with Crippen LogP contribution in [0.4, 0.5) is 0 Å². The topological polar surface area (TPSA) is 26.3 Å². The minimum absolute atomic E-state index is 0.0708. The maximum atomic E-state index is 11.8. The van der Waals surface area contributed by atoms with Crippen LogP contribution in [0.2, 0.25) is 0 Å². The second-order valence-electron chi connectivity index (χ2n) is 10.9. The summed E-state index contributed by atoms with van der Waals surface area (Å²) in [4.78, 5) is 11.8. The van der Waals surface area contributed by atoms with E-state index in [2.05, 4.69) is 26.0 Å². The SMILES string of the molecule is CCCCCCCC/C=C\CCCCCCCC(=O)OC=CCCCCCCCCCCCCCC. The van der Waals surface area contributed by atoms with E-state index in [0.29, 0.717) is 6.42 Å². The third-order valence-corrected chi connectivity index (χ3v) is 7.16. The van der Waals surface area contributed by atoms with E-state index in [4.69, 9.17) is 4.74 Å². The Morgan fingerprint density at radius 2 is 0.778 bits per heavy atom. The van der Waals surface area contributed by atoms with Crippen LogP contribution in [0.1, 0.15) is 187 Å². The molecule has 0 aliphatic rings. The highest BCUT2D eigenvalue weighted by Crippen LogP contribution is 2.13. The Bertz CT molecular complexity index is 480. The molecule has 0 N–H and O–H groups in total.